The Balaban J connectivity index is 1.59. The third-order valence-corrected chi connectivity index (χ3v) is 7.00. The number of likely N-dealkylation sites (N-methyl/N-ethyl adjacent to an activating group) is 1. The van der Waals surface area contributed by atoms with Crippen LogP contribution < -0.4 is 14.2 Å². The molecule has 162 valence electrons. The largest absolute Gasteiger partial charge is 0.492 e. The molecule has 0 spiro atoms. The number of hydrogen-bond acceptors (Lipinski definition) is 5. The van der Waals surface area contributed by atoms with Crippen molar-refractivity contribution in [1.29, 1.82) is 0 Å². The first-order valence-corrected chi connectivity index (χ1v) is 10.9. The van der Waals surface area contributed by atoms with E-state index in [-0.39, 0.29) is 24.0 Å². The maximum absolute atomic E-state index is 13.0. The van der Waals surface area contributed by atoms with Gasteiger partial charge >= 0.3 is 0 Å². The van der Waals surface area contributed by atoms with Crippen molar-refractivity contribution in [3.63, 3.8) is 0 Å². The average molecular weight is 412 g/mol. The standard InChI is InChI=1S/C25H33NO4/c1-16-7-6-11-25(2,3)19(16)9-8-18(27)14-20-22-17(10-12-26(20)4)13-21-23(24(22)28-5)30-15-29-21/h7-9,13,19-20H,6,10-12,14-15H2,1-5H3. The summed E-state index contributed by atoms with van der Waals surface area (Å²) in [5.41, 5.74) is 3.80. The molecule has 2 aliphatic heterocycles. The molecule has 4 rings (SSSR count). The van der Waals surface area contributed by atoms with E-state index in [2.05, 4.69) is 50.9 Å². The lowest BCUT2D eigenvalue weighted by molar-refractivity contribution is -0.115. The Hall–Kier alpha value is -2.27. The fourth-order valence-electron chi connectivity index (χ4n) is 5.23. The predicted molar refractivity (Wildman–Crippen MR) is 117 cm³/mol. The van der Waals surface area contributed by atoms with Crippen molar-refractivity contribution in [2.45, 2.75) is 52.5 Å². The maximum Gasteiger partial charge on any atom is 0.231 e. The van der Waals surface area contributed by atoms with Gasteiger partial charge in [-0.3, -0.25) is 9.69 Å². The van der Waals surface area contributed by atoms with Crippen LogP contribution in [0.15, 0.2) is 29.9 Å². The Morgan fingerprint density at radius 1 is 1.37 bits per heavy atom. The number of ether oxygens (including phenoxy) is 3. The van der Waals surface area contributed by atoms with Crippen molar-refractivity contribution in [3.8, 4) is 17.2 Å². The van der Waals surface area contributed by atoms with E-state index in [1.807, 2.05) is 0 Å². The number of methoxy groups -OCH3 is 1. The lowest BCUT2D eigenvalue weighted by atomic mass is 9.68. The first-order valence-electron chi connectivity index (χ1n) is 10.9. The molecule has 1 aromatic rings. The van der Waals surface area contributed by atoms with Crippen molar-refractivity contribution >= 4 is 5.78 Å². The molecule has 2 atom stereocenters. The van der Waals surface area contributed by atoms with Crippen molar-refractivity contribution in [3.05, 3.63) is 41.0 Å². The molecule has 0 saturated heterocycles. The summed E-state index contributed by atoms with van der Waals surface area (Å²) in [7, 11) is 3.73. The van der Waals surface area contributed by atoms with Gasteiger partial charge in [0.25, 0.3) is 0 Å². The smallest absolute Gasteiger partial charge is 0.231 e. The number of allylic oxidation sites excluding steroid dienone is 4. The topological polar surface area (TPSA) is 48.0 Å². The van der Waals surface area contributed by atoms with Gasteiger partial charge in [-0.1, -0.05) is 31.6 Å². The number of benzene rings is 1. The molecule has 5 nitrogen and oxygen atoms in total. The molecule has 0 bridgehead atoms. The third kappa shape index (κ3) is 3.76. The fraction of sp³-hybridized carbons (Fsp3) is 0.560. The van der Waals surface area contributed by atoms with Crippen LogP contribution in [-0.4, -0.2) is 38.2 Å². The zero-order valence-corrected chi connectivity index (χ0v) is 18.8. The molecule has 5 heteroatoms. The van der Waals surface area contributed by atoms with Crippen LogP contribution >= 0.6 is 0 Å². The summed E-state index contributed by atoms with van der Waals surface area (Å²) in [6.45, 7) is 7.87. The average Bonchev–Trinajstić information content (AvgIpc) is 3.16. The van der Waals surface area contributed by atoms with Crippen LogP contribution in [0.25, 0.3) is 0 Å². The van der Waals surface area contributed by atoms with Gasteiger partial charge in [0.1, 0.15) is 0 Å². The monoisotopic (exact) mass is 411 g/mol. The van der Waals surface area contributed by atoms with Gasteiger partial charge in [-0.2, -0.15) is 0 Å². The summed E-state index contributed by atoms with van der Waals surface area (Å²) >= 11 is 0. The zero-order chi connectivity index (χ0) is 21.5. The van der Waals surface area contributed by atoms with Crippen molar-refractivity contribution in [1.82, 2.24) is 4.90 Å². The SMILES string of the molecule is COc1c2c(cc3c1C(CC(=O)C=CC1C(C)=CCCC1(C)C)N(C)CC3)OCO2. The molecule has 0 radical (unpaired) electrons. The summed E-state index contributed by atoms with van der Waals surface area (Å²) < 4.78 is 17.0. The van der Waals surface area contributed by atoms with Crippen LogP contribution in [-0.2, 0) is 11.2 Å². The minimum Gasteiger partial charge on any atom is -0.492 e. The molecule has 0 amide bonds. The third-order valence-electron chi connectivity index (χ3n) is 7.00. The van der Waals surface area contributed by atoms with E-state index in [1.165, 1.54) is 11.1 Å². The highest BCUT2D eigenvalue weighted by molar-refractivity contribution is 5.90. The fourth-order valence-corrected chi connectivity index (χ4v) is 5.23. The van der Waals surface area contributed by atoms with Crippen LogP contribution in [0.1, 0.15) is 57.2 Å². The Bertz CT molecular complexity index is 899. The number of carbonyl (C=O) groups excluding carboxylic acids is 1. The Morgan fingerprint density at radius 2 is 2.17 bits per heavy atom. The van der Waals surface area contributed by atoms with Crippen LogP contribution in [0.5, 0.6) is 17.2 Å². The molecule has 2 heterocycles. The Morgan fingerprint density at radius 3 is 2.90 bits per heavy atom. The molecule has 0 saturated carbocycles. The van der Waals surface area contributed by atoms with Gasteiger partial charge in [-0.15, -0.1) is 0 Å². The number of fused-ring (bicyclic) bond motifs is 2. The highest BCUT2D eigenvalue weighted by atomic mass is 16.7. The summed E-state index contributed by atoms with van der Waals surface area (Å²) in [5, 5.41) is 0. The molecule has 30 heavy (non-hydrogen) atoms. The predicted octanol–water partition coefficient (Wildman–Crippen LogP) is 4.85. The van der Waals surface area contributed by atoms with Gasteiger partial charge in [0.05, 0.1) is 7.11 Å². The van der Waals surface area contributed by atoms with Crippen molar-refractivity contribution in [2.75, 3.05) is 27.5 Å². The van der Waals surface area contributed by atoms with Gasteiger partial charge < -0.3 is 14.2 Å². The number of nitrogens with zero attached hydrogens (tertiary/aromatic N) is 1. The second-order valence-corrected chi connectivity index (χ2v) is 9.45. The minimum atomic E-state index is -0.0358. The lowest BCUT2D eigenvalue weighted by Gasteiger charge is -2.37. The summed E-state index contributed by atoms with van der Waals surface area (Å²) in [4.78, 5) is 15.3. The molecular weight excluding hydrogens is 378 g/mol. The maximum atomic E-state index is 13.0. The van der Waals surface area contributed by atoms with Crippen LogP contribution in [0.2, 0.25) is 0 Å². The van der Waals surface area contributed by atoms with Crippen molar-refractivity contribution < 1.29 is 19.0 Å². The molecule has 0 fully saturated rings. The molecule has 3 aliphatic rings. The molecule has 0 N–H and O–H groups in total. The first-order chi connectivity index (χ1) is 14.3. The number of hydrogen-bond donors (Lipinski definition) is 0. The molecule has 1 aliphatic carbocycles. The number of ketones is 1. The van der Waals surface area contributed by atoms with Gasteiger partial charge in [-0.05, 0) is 56.4 Å². The normalized spacial score (nSPS) is 25.2. The van der Waals surface area contributed by atoms with Gasteiger partial charge in [0, 0.05) is 30.5 Å². The quantitative estimate of drug-likeness (QED) is 0.512. The first kappa shape index (κ1) is 21.0. The molecule has 2 unspecified atom stereocenters. The number of carbonyl (C=O) groups is 1. The van der Waals surface area contributed by atoms with Crippen molar-refractivity contribution in [2.24, 2.45) is 11.3 Å². The molecular formula is C25H33NO4. The van der Waals surface area contributed by atoms with Crippen LogP contribution in [0, 0.1) is 11.3 Å². The second-order valence-electron chi connectivity index (χ2n) is 9.45. The number of rotatable bonds is 5. The Kier molecular flexibility index (Phi) is 5.67. The van der Waals surface area contributed by atoms with Gasteiger partial charge in [0.15, 0.2) is 17.3 Å². The van der Waals surface area contributed by atoms with Gasteiger partial charge in [0.2, 0.25) is 12.5 Å². The highest BCUT2D eigenvalue weighted by Crippen LogP contribution is 2.50. The Labute approximate surface area is 179 Å². The van der Waals surface area contributed by atoms with E-state index in [9.17, 15) is 4.79 Å². The summed E-state index contributed by atoms with van der Waals surface area (Å²) in [5.74, 6) is 2.57. The van der Waals surface area contributed by atoms with E-state index >= 15 is 0 Å². The second kappa shape index (κ2) is 8.10. The highest BCUT2D eigenvalue weighted by Gasteiger charge is 2.35. The van der Waals surface area contributed by atoms with E-state index in [0.29, 0.717) is 23.8 Å². The van der Waals surface area contributed by atoms with Crippen LogP contribution in [0.3, 0.4) is 0 Å². The minimum absolute atomic E-state index is 0.0358. The summed E-state index contributed by atoms with van der Waals surface area (Å²) in [6, 6.07) is 2.02. The van der Waals surface area contributed by atoms with Gasteiger partial charge in [-0.25, -0.2) is 0 Å². The van der Waals surface area contributed by atoms with E-state index in [4.69, 9.17) is 14.2 Å². The summed E-state index contributed by atoms with van der Waals surface area (Å²) in [6.07, 6.45) is 9.83. The van der Waals surface area contributed by atoms with Crippen LogP contribution in [0.4, 0.5) is 0 Å². The van der Waals surface area contributed by atoms with E-state index < -0.39 is 0 Å². The zero-order valence-electron chi connectivity index (χ0n) is 18.8. The van der Waals surface area contributed by atoms with E-state index in [0.717, 1.165) is 37.1 Å². The molecule has 1 aromatic carbocycles. The molecule has 0 aromatic heterocycles. The van der Waals surface area contributed by atoms with E-state index in [1.54, 1.807) is 13.2 Å². The lowest BCUT2D eigenvalue weighted by Crippen LogP contribution is -2.33.